The van der Waals surface area contributed by atoms with Crippen LogP contribution in [0.5, 0.6) is 0 Å². The summed E-state index contributed by atoms with van der Waals surface area (Å²) in [4.78, 5) is 22.8. The van der Waals surface area contributed by atoms with Gasteiger partial charge in [0.15, 0.2) is 0 Å². The molecule has 0 spiro atoms. The highest BCUT2D eigenvalue weighted by atomic mass is 16.5. The van der Waals surface area contributed by atoms with Crippen LogP contribution in [0.15, 0.2) is 12.2 Å². The van der Waals surface area contributed by atoms with E-state index in [2.05, 4.69) is 0 Å². The van der Waals surface area contributed by atoms with Gasteiger partial charge >= 0.3 is 11.9 Å². The number of hydrogen-bond acceptors (Lipinski definition) is 4. The molecule has 2 bridgehead atoms. The van der Waals surface area contributed by atoms with E-state index in [4.69, 9.17) is 14.9 Å². The Hall–Kier alpha value is -1.36. The molecule has 0 aromatic rings. The third kappa shape index (κ3) is 1.71. The number of carboxylic acids is 1. The van der Waals surface area contributed by atoms with E-state index < -0.39 is 23.8 Å². The third-order valence-corrected chi connectivity index (χ3v) is 3.35. The summed E-state index contributed by atoms with van der Waals surface area (Å²) in [5.41, 5.74) is 0. The first-order valence-corrected chi connectivity index (χ1v) is 5.33. The molecule has 4 unspecified atom stereocenters. The Morgan fingerprint density at radius 2 is 1.88 bits per heavy atom. The Labute approximate surface area is 92.7 Å². The summed E-state index contributed by atoms with van der Waals surface area (Å²) in [6.07, 6.45) is 4.49. The van der Waals surface area contributed by atoms with Gasteiger partial charge in [0.2, 0.25) is 0 Å². The van der Waals surface area contributed by atoms with Gasteiger partial charge in [-0.25, -0.2) is 0 Å². The molecule has 2 N–H and O–H groups in total. The zero-order valence-corrected chi connectivity index (χ0v) is 8.70. The highest BCUT2D eigenvalue weighted by Crippen LogP contribution is 2.48. The minimum atomic E-state index is -0.942. The van der Waals surface area contributed by atoms with Crippen LogP contribution in [0.1, 0.15) is 6.42 Å². The molecule has 0 saturated heterocycles. The maximum atomic E-state index is 11.7. The number of ether oxygens (including phenoxy) is 1. The first kappa shape index (κ1) is 11.1. The molecule has 5 heteroatoms. The third-order valence-electron chi connectivity index (χ3n) is 3.35. The highest BCUT2D eigenvalue weighted by Gasteiger charge is 2.52. The number of carboxylic acid groups (broad SMARTS) is 1. The molecular formula is C11H14O5. The van der Waals surface area contributed by atoms with Gasteiger partial charge < -0.3 is 14.9 Å². The van der Waals surface area contributed by atoms with Crippen LogP contribution in [-0.2, 0) is 14.3 Å². The molecule has 4 atom stereocenters. The molecule has 0 aromatic heterocycles. The van der Waals surface area contributed by atoms with E-state index in [1.165, 1.54) is 0 Å². The number of aliphatic hydroxyl groups excluding tert-OH is 1. The van der Waals surface area contributed by atoms with Gasteiger partial charge in [0.25, 0.3) is 0 Å². The second kappa shape index (κ2) is 4.25. The van der Waals surface area contributed by atoms with Crippen LogP contribution in [0.25, 0.3) is 0 Å². The van der Waals surface area contributed by atoms with Crippen LogP contribution in [0, 0.1) is 23.7 Å². The first-order chi connectivity index (χ1) is 7.65. The van der Waals surface area contributed by atoms with Crippen molar-refractivity contribution in [2.24, 2.45) is 23.7 Å². The number of fused-ring (bicyclic) bond motifs is 2. The van der Waals surface area contributed by atoms with Crippen LogP contribution in [-0.4, -0.2) is 35.4 Å². The maximum Gasteiger partial charge on any atom is 0.310 e. The normalized spacial score (nSPS) is 35.3. The molecule has 2 aliphatic rings. The second-order valence-corrected chi connectivity index (χ2v) is 4.23. The van der Waals surface area contributed by atoms with Crippen molar-refractivity contribution in [1.29, 1.82) is 0 Å². The van der Waals surface area contributed by atoms with Gasteiger partial charge in [0.1, 0.15) is 6.61 Å². The van der Waals surface area contributed by atoms with E-state index in [0.717, 1.165) is 6.42 Å². The minimum Gasteiger partial charge on any atom is -0.481 e. The molecule has 0 heterocycles. The lowest BCUT2D eigenvalue weighted by Crippen LogP contribution is -2.34. The first-order valence-electron chi connectivity index (χ1n) is 5.33. The Kier molecular flexibility index (Phi) is 2.96. The predicted octanol–water partition coefficient (Wildman–Crippen LogP) is 0.0448. The number of esters is 1. The van der Waals surface area contributed by atoms with E-state index in [0.29, 0.717) is 0 Å². The Balaban J connectivity index is 2.10. The lowest BCUT2D eigenvalue weighted by molar-refractivity contribution is -0.159. The van der Waals surface area contributed by atoms with Crippen molar-refractivity contribution in [2.45, 2.75) is 6.42 Å². The fourth-order valence-electron chi connectivity index (χ4n) is 2.72. The average molecular weight is 226 g/mol. The summed E-state index contributed by atoms with van der Waals surface area (Å²) in [5, 5.41) is 17.6. The van der Waals surface area contributed by atoms with Gasteiger partial charge in [-0.15, -0.1) is 0 Å². The number of carbonyl (C=O) groups excluding carboxylic acids is 1. The van der Waals surface area contributed by atoms with Crippen molar-refractivity contribution >= 4 is 11.9 Å². The van der Waals surface area contributed by atoms with E-state index in [9.17, 15) is 9.59 Å². The summed E-state index contributed by atoms with van der Waals surface area (Å²) < 4.78 is 4.82. The van der Waals surface area contributed by atoms with Gasteiger partial charge in [0.05, 0.1) is 18.4 Å². The van der Waals surface area contributed by atoms with E-state index in [1.54, 1.807) is 0 Å². The standard InChI is InChI=1S/C11H14O5/c12-3-4-16-11(15)9-7-2-1-6(5-7)8(9)10(13)14/h1-2,6-9,12H,3-5H2,(H,13,14). The zero-order chi connectivity index (χ0) is 11.7. The van der Waals surface area contributed by atoms with Gasteiger partial charge in [-0.2, -0.15) is 0 Å². The number of aliphatic carboxylic acids is 1. The fourth-order valence-corrected chi connectivity index (χ4v) is 2.72. The van der Waals surface area contributed by atoms with Crippen molar-refractivity contribution in [1.82, 2.24) is 0 Å². The quantitative estimate of drug-likeness (QED) is 0.522. The van der Waals surface area contributed by atoms with E-state index in [1.807, 2.05) is 12.2 Å². The second-order valence-electron chi connectivity index (χ2n) is 4.23. The van der Waals surface area contributed by atoms with Gasteiger partial charge in [-0.3, -0.25) is 9.59 Å². The molecule has 0 radical (unpaired) electrons. The van der Waals surface area contributed by atoms with Crippen LogP contribution in [0.4, 0.5) is 0 Å². The molecule has 5 nitrogen and oxygen atoms in total. The molecule has 1 saturated carbocycles. The number of hydrogen-bond donors (Lipinski definition) is 2. The van der Waals surface area contributed by atoms with E-state index in [-0.39, 0.29) is 25.0 Å². The average Bonchev–Trinajstić information content (AvgIpc) is 2.84. The van der Waals surface area contributed by atoms with Gasteiger partial charge in [0, 0.05) is 0 Å². The zero-order valence-electron chi connectivity index (χ0n) is 8.70. The summed E-state index contributed by atoms with van der Waals surface area (Å²) in [6, 6.07) is 0. The number of carbonyl (C=O) groups is 2. The number of rotatable bonds is 4. The van der Waals surface area contributed by atoms with Crippen LogP contribution in [0.2, 0.25) is 0 Å². The summed E-state index contributed by atoms with van der Waals surface area (Å²) in [6.45, 7) is -0.303. The topological polar surface area (TPSA) is 83.8 Å². The Morgan fingerprint density at radius 3 is 2.44 bits per heavy atom. The van der Waals surface area contributed by atoms with Crippen LogP contribution < -0.4 is 0 Å². The molecular weight excluding hydrogens is 212 g/mol. The molecule has 2 rings (SSSR count). The SMILES string of the molecule is O=C(O)C1C2C=CC(C2)C1C(=O)OCCO. The maximum absolute atomic E-state index is 11.7. The Morgan fingerprint density at radius 1 is 1.25 bits per heavy atom. The molecule has 0 aromatic carbocycles. The van der Waals surface area contributed by atoms with Crippen molar-refractivity contribution in [3.63, 3.8) is 0 Å². The van der Waals surface area contributed by atoms with Gasteiger partial charge in [-0.05, 0) is 18.3 Å². The smallest absolute Gasteiger partial charge is 0.310 e. The van der Waals surface area contributed by atoms with Gasteiger partial charge in [-0.1, -0.05) is 12.2 Å². The molecule has 0 aliphatic heterocycles. The number of allylic oxidation sites excluding steroid dienone is 2. The van der Waals surface area contributed by atoms with Crippen molar-refractivity contribution in [2.75, 3.05) is 13.2 Å². The largest absolute Gasteiger partial charge is 0.481 e. The van der Waals surface area contributed by atoms with Crippen LogP contribution in [0.3, 0.4) is 0 Å². The fraction of sp³-hybridized carbons (Fsp3) is 0.636. The summed E-state index contributed by atoms with van der Waals surface area (Å²) in [5.74, 6) is -2.76. The molecule has 2 aliphatic carbocycles. The lowest BCUT2D eigenvalue weighted by Gasteiger charge is -2.22. The lowest BCUT2D eigenvalue weighted by atomic mass is 9.83. The van der Waals surface area contributed by atoms with Crippen molar-refractivity contribution in [3.05, 3.63) is 12.2 Å². The molecule has 0 amide bonds. The molecule has 16 heavy (non-hydrogen) atoms. The summed E-state index contributed by atoms with van der Waals surface area (Å²) in [7, 11) is 0. The minimum absolute atomic E-state index is 0.0164. The molecule has 1 fully saturated rings. The molecule has 88 valence electrons. The summed E-state index contributed by atoms with van der Waals surface area (Å²) >= 11 is 0. The predicted molar refractivity (Wildman–Crippen MR) is 53.4 cm³/mol. The number of aliphatic hydroxyl groups is 1. The Bertz CT molecular complexity index is 335. The monoisotopic (exact) mass is 226 g/mol. The van der Waals surface area contributed by atoms with Crippen molar-refractivity contribution in [3.8, 4) is 0 Å². The van der Waals surface area contributed by atoms with Crippen LogP contribution >= 0.6 is 0 Å². The highest BCUT2D eigenvalue weighted by molar-refractivity contribution is 5.83. The van der Waals surface area contributed by atoms with E-state index >= 15 is 0 Å². The van der Waals surface area contributed by atoms with Crippen molar-refractivity contribution < 1.29 is 24.5 Å².